The Kier molecular flexibility index (Phi) is 4.40. The van der Waals surface area contributed by atoms with E-state index in [0.29, 0.717) is 11.7 Å². The van der Waals surface area contributed by atoms with E-state index < -0.39 is 0 Å². The summed E-state index contributed by atoms with van der Waals surface area (Å²) in [5, 5.41) is 16.1. The van der Waals surface area contributed by atoms with Crippen molar-refractivity contribution in [3.8, 4) is 5.75 Å². The Morgan fingerprint density at radius 2 is 1.94 bits per heavy atom. The maximum atomic E-state index is 9.35. The Balaban J connectivity index is 2.12. The number of hydrogen-bond donors (Lipinski definition) is 3. The molecule has 1 fully saturated rings. The van der Waals surface area contributed by atoms with Crippen molar-refractivity contribution >= 4 is 0 Å². The summed E-state index contributed by atoms with van der Waals surface area (Å²) in [6.07, 6.45) is 2.49. The first kappa shape index (κ1) is 12.4. The minimum absolute atomic E-state index is 0.349. The summed E-state index contributed by atoms with van der Waals surface area (Å²) >= 11 is 0. The Bertz CT molecular complexity index is 331. The van der Waals surface area contributed by atoms with Gasteiger partial charge in [0.1, 0.15) is 5.75 Å². The first-order chi connectivity index (χ1) is 8.31. The van der Waals surface area contributed by atoms with Crippen LogP contribution in [0.25, 0.3) is 0 Å². The number of phenols is 1. The second-order valence-electron chi connectivity index (χ2n) is 4.84. The van der Waals surface area contributed by atoms with Crippen molar-refractivity contribution < 1.29 is 5.11 Å². The van der Waals surface area contributed by atoms with Crippen LogP contribution in [0.4, 0.5) is 0 Å². The fourth-order valence-corrected chi connectivity index (χ4v) is 2.74. The molecule has 0 amide bonds. The van der Waals surface area contributed by atoms with Gasteiger partial charge < -0.3 is 15.7 Å². The number of nitrogens with one attached hydrogen (secondary N) is 2. The number of benzene rings is 1. The number of likely N-dealkylation sites (N-methyl/N-ethyl adjacent to an activating group) is 1. The predicted molar refractivity (Wildman–Crippen MR) is 70.4 cm³/mol. The third kappa shape index (κ3) is 3.20. The monoisotopic (exact) mass is 234 g/mol. The zero-order valence-electron chi connectivity index (χ0n) is 10.4. The topological polar surface area (TPSA) is 44.3 Å². The minimum Gasteiger partial charge on any atom is -0.508 e. The van der Waals surface area contributed by atoms with Crippen LogP contribution in [0.5, 0.6) is 5.75 Å². The van der Waals surface area contributed by atoms with Crippen LogP contribution in [-0.2, 0) is 0 Å². The molecule has 1 aromatic carbocycles. The van der Waals surface area contributed by atoms with E-state index in [4.69, 9.17) is 0 Å². The summed E-state index contributed by atoms with van der Waals surface area (Å²) in [6.45, 7) is 3.27. The molecule has 1 heterocycles. The van der Waals surface area contributed by atoms with Gasteiger partial charge in [-0.1, -0.05) is 12.1 Å². The van der Waals surface area contributed by atoms with Crippen molar-refractivity contribution in [2.24, 2.45) is 5.92 Å². The van der Waals surface area contributed by atoms with Gasteiger partial charge in [-0.25, -0.2) is 0 Å². The van der Waals surface area contributed by atoms with Crippen LogP contribution in [0.2, 0.25) is 0 Å². The van der Waals surface area contributed by atoms with Crippen LogP contribution < -0.4 is 10.6 Å². The Morgan fingerprint density at radius 3 is 2.53 bits per heavy atom. The van der Waals surface area contributed by atoms with Gasteiger partial charge in [0, 0.05) is 6.54 Å². The van der Waals surface area contributed by atoms with Crippen molar-refractivity contribution in [2.75, 3.05) is 26.7 Å². The maximum absolute atomic E-state index is 9.35. The first-order valence-corrected chi connectivity index (χ1v) is 6.45. The Morgan fingerprint density at radius 1 is 1.29 bits per heavy atom. The molecule has 0 radical (unpaired) electrons. The van der Waals surface area contributed by atoms with Gasteiger partial charge >= 0.3 is 0 Å². The Hall–Kier alpha value is -1.06. The summed E-state index contributed by atoms with van der Waals surface area (Å²) < 4.78 is 0. The van der Waals surface area contributed by atoms with Crippen molar-refractivity contribution in [1.29, 1.82) is 0 Å². The lowest BCUT2D eigenvalue weighted by Crippen LogP contribution is -2.34. The molecule has 0 spiro atoms. The van der Waals surface area contributed by atoms with Gasteiger partial charge in [0.15, 0.2) is 0 Å². The van der Waals surface area contributed by atoms with Crippen LogP contribution in [0.3, 0.4) is 0 Å². The van der Waals surface area contributed by atoms with Crippen LogP contribution in [0.1, 0.15) is 24.3 Å². The van der Waals surface area contributed by atoms with Gasteiger partial charge in [0.2, 0.25) is 0 Å². The second kappa shape index (κ2) is 6.03. The van der Waals surface area contributed by atoms with Gasteiger partial charge in [-0.05, 0) is 62.5 Å². The summed E-state index contributed by atoms with van der Waals surface area (Å²) in [5.41, 5.74) is 1.34. The molecule has 1 aliphatic heterocycles. The number of aromatic hydroxyl groups is 1. The van der Waals surface area contributed by atoms with E-state index >= 15 is 0 Å². The zero-order valence-corrected chi connectivity index (χ0v) is 10.4. The molecule has 2 rings (SSSR count). The molecule has 0 aromatic heterocycles. The number of phenolic OH excluding ortho intramolecular Hbond substituents is 1. The van der Waals surface area contributed by atoms with Crippen LogP contribution in [0.15, 0.2) is 24.3 Å². The fraction of sp³-hybridized carbons (Fsp3) is 0.571. The minimum atomic E-state index is 0.349. The maximum Gasteiger partial charge on any atom is 0.115 e. The van der Waals surface area contributed by atoms with E-state index in [2.05, 4.69) is 22.8 Å². The fourth-order valence-electron chi connectivity index (χ4n) is 2.74. The van der Waals surface area contributed by atoms with Crippen LogP contribution in [-0.4, -0.2) is 31.8 Å². The van der Waals surface area contributed by atoms with E-state index in [9.17, 15) is 5.11 Å². The van der Waals surface area contributed by atoms with Crippen molar-refractivity contribution in [3.63, 3.8) is 0 Å². The van der Waals surface area contributed by atoms with Crippen molar-refractivity contribution in [1.82, 2.24) is 10.6 Å². The number of hydrogen-bond acceptors (Lipinski definition) is 3. The summed E-state index contributed by atoms with van der Waals surface area (Å²) in [4.78, 5) is 0. The van der Waals surface area contributed by atoms with E-state index in [0.717, 1.165) is 25.6 Å². The zero-order chi connectivity index (χ0) is 12.1. The molecule has 94 valence electrons. The first-order valence-electron chi connectivity index (χ1n) is 6.45. The lowest BCUT2D eigenvalue weighted by molar-refractivity contribution is 0.313. The average molecular weight is 234 g/mol. The molecule has 0 bridgehead atoms. The van der Waals surface area contributed by atoms with Crippen molar-refractivity contribution in [2.45, 2.75) is 18.8 Å². The number of piperidine rings is 1. The number of rotatable bonds is 4. The van der Waals surface area contributed by atoms with E-state index in [1.165, 1.54) is 18.4 Å². The summed E-state index contributed by atoms with van der Waals surface area (Å²) in [7, 11) is 2.01. The molecule has 1 unspecified atom stereocenters. The summed E-state index contributed by atoms with van der Waals surface area (Å²) in [6, 6.07) is 7.69. The molecule has 0 aliphatic carbocycles. The molecule has 1 aromatic rings. The molecule has 1 atom stereocenters. The van der Waals surface area contributed by atoms with Gasteiger partial charge in [-0.15, -0.1) is 0 Å². The molecule has 1 saturated heterocycles. The smallest absolute Gasteiger partial charge is 0.115 e. The van der Waals surface area contributed by atoms with Gasteiger partial charge in [0.05, 0.1) is 0 Å². The van der Waals surface area contributed by atoms with E-state index in [1.807, 2.05) is 7.05 Å². The van der Waals surface area contributed by atoms with Gasteiger partial charge in [-0.3, -0.25) is 0 Å². The van der Waals surface area contributed by atoms with Gasteiger partial charge in [-0.2, -0.15) is 0 Å². The molecular weight excluding hydrogens is 212 g/mol. The highest BCUT2D eigenvalue weighted by atomic mass is 16.3. The lowest BCUT2D eigenvalue weighted by Gasteiger charge is -2.31. The summed E-state index contributed by atoms with van der Waals surface area (Å²) in [5.74, 6) is 1.65. The molecular formula is C14H22N2O. The molecule has 3 nitrogen and oxygen atoms in total. The van der Waals surface area contributed by atoms with Crippen molar-refractivity contribution in [3.05, 3.63) is 29.8 Å². The quantitative estimate of drug-likeness (QED) is 0.743. The highest BCUT2D eigenvalue weighted by Gasteiger charge is 2.24. The third-order valence-electron chi connectivity index (χ3n) is 3.70. The Labute approximate surface area is 103 Å². The van der Waals surface area contributed by atoms with Crippen LogP contribution >= 0.6 is 0 Å². The van der Waals surface area contributed by atoms with E-state index in [1.54, 1.807) is 12.1 Å². The molecule has 1 aliphatic rings. The predicted octanol–water partition coefficient (Wildman–Crippen LogP) is 1.69. The average Bonchev–Trinajstić information content (AvgIpc) is 2.38. The molecule has 0 saturated carbocycles. The highest BCUT2D eigenvalue weighted by Crippen LogP contribution is 2.31. The third-order valence-corrected chi connectivity index (χ3v) is 3.70. The molecule has 3 heteroatoms. The van der Waals surface area contributed by atoms with Crippen LogP contribution in [0, 0.1) is 5.92 Å². The standard InChI is InChI=1S/C14H22N2O/c1-15-10-14(12-6-8-16-9-7-12)11-2-4-13(17)5-3-11/h2-5,12,14-17H,6-10H2,1H3. The van der Waals surface area contributed by atoms with E-state index in [-0.39, 0.29) is 0 Å². The second-order valence-corrected chi connectivity index (χ2v) is 4.84. The lowest BCUT2D eigenvalue weighted by atomic mass is 9.80. The SMILES string of the molecule is CNCC(c1ccc(O)cc1)C1CCNCC1. The highest BCUT2D eigenvalue weighted by molar-refractivity contribution is 5.29. The largest absolute Gasteiger partial charge is 0.508 e. The van der Waals surface area contributed by atoms with Gasteiger partial charge in [0.25, 0.3) is 0 Å². The molecule has 3 N–H and O–H groups in total. The normalized spacial score (nSPS) is 19.1. The molecule has 17 heavy (non-hydrogen) atoms.